The molecule has 0 atom stereocenters. The van der Waals surface area contributed by atoms with E-state index in [4.69, 9.17) is 23.2 Å². The van der Waals surface area contributed by atoms with Gasteiger partial charge in [-0.25, -0.2) is 4.39 Å². The van der Waals surface area contributed by atoms with Crippen molar-refractivity contribution in [2.75, 3.05) is 0 Å². The van der Waals surface area contributed by atoms with Gasteiger partial charge in [-0.3, -0.25) is 4.79 Å². The molecule has 0 saturated carbocycles. The molecule has 0 spiro atoms. The summed E-state index contributed by atoms with van der Waals surface area (Å²) in [5, 5.41) is 9.38. The van der Waals surface area contributed by atoms with Gasteiger partial charge in [0.25, 0.3) is 0 Å². The maximum absolute atomic E-state index is 13.0. The van der Waals surface area contributed by atoms with Crippen LogP contribution >= 0.6 is 23.2 Å². The summed E-state index contributed by atoms with van der Waals surface area (Å²) in [5.74, 6) is -0.908. The van der Waals surface area contributed by atoms with E-state index in [1.165, 1.54) is 30.3 Å². The van der Waals surface area contributed by atoms with Crippen molar-refractivity contribution in [3.63, 3.8) is 0 Å². The standard InChI is InChI=1S/C15H9Cl2FO2/c16-11-8-10(3-4-13(11)18)14(19)5-1-9-2-6-15(20)12(17)7-9/h1-8,20H. The number of allylic oxidation sites excluding steroid dienone is 1. The van der Waals surface area contributed by atoms with Crippen molar-refractivity contribution in [1.29, 1.82) is 0 Å². The molecule has 0 amide bonds. The second-order valence-corrected chi connectivity index (χ2v) is 4.85. The van der Waals surface area contributed by atoms with Crippen LogP contribution in [0.15, 0.2) is 42.5 Å². The van der Waals surface area contributed by atoms with Crippen molar-refractivity contribution < 1.29 is 14.3 Å². The number of rotatable bonds is 3. The summed E-state index contributed by atoms with van der Waals surface area (Å²) in [6.07, 6.45) is 2.87. The zero-order valence-electron chi connectivity index (χ0n) is 10.1. The molecule has 0 saturated heterocycles. The van der Waals surface area contributed by atoms with E-state index < -0.39 is 5.82 Å². The number of hydrogen-bond donors (Lipinski definition) is 1. The van der Waals surface area contributed by atoms with E-state index in [0.29, 0.717) is 5.56 Å². The lowest BCUT2D eigenvalue weighted by molar-refractivity contribution is 0.104. The molecule has 20 heavy (non-hydrogen) atoms. The van der Waals surface area contributed by atoms with Gasteiger partial charge in [-0.1, -0.05) is 35.3 Å². The van der Waals surface area contributed by atoms with Crippen LogP contribution in [0, 0.1) is 5.82 Å². The van der Waals surface area contributed by atoms with E-state index in [1.807, 2.05) is 0 Å². The number of benzene rings is 2. The molecule has 2 rings (SSSR count). The fourth-order valence-corrected chi connectivity index (χ4v) is 1.91. The van der Waals surface area contributed by atoms with Crippen LogP contribution in [-0.2, 0) is 0 Å². The fraction of sp³-hybridized carbons (Fsp3) is 0. The average molecular weight is 311 g/mol. The van der Waals surface area contributed by atoms with Gasteiger partial charge in [0.15, 0.2) is 5.78 Å². The first-order valence-electron chi connectivity index (χ1n) is 5.63. The summed E-state index contributed by atoms with van der Waals surface area (Å²) in [5.41, 5.74) is 0.951. The molecule has 0 heterocycles. The minimum absolute atomic E-state index is 0.0274. The number of ketones is 1. The minimum Gasteiger partial charge on any atom is -0.506 e. The molecular weight excluding hydrogens is 302 g/mol. The Hall–Kier alpha value is -1.84. The van der Waals surface area contributed by atoms with Crippen molar-refractivity contribution in [2.24, 2.45) is 0 Å². The van der Waals surface area contributed by atoms with Crippen LogP contribution in [0.2, 0.25) is 10.0 Å². The van der Waals surface area contributed by atoms with Crippen molar-refractivity contribution in [1.82, 2.24) is 0 Å². The van der Waals surface area contributed by atoms with Gasteiger partial charge >= 0.3 is 0 Å². The summed E-state index contributed by atoms with van der Waals surface area (Å²) in [7, 11) is 0. The van der Waals surface area contributed by atoms with E-state index in [9.17, 15) is 14.3 Å². The highest BCUT2D eigenvalue weighted by molar-refractivity contribution is 6.32. The van der Waals surface area contributed by atoms with Crippen LogP contribution in [0.5, 0.6) is 5.75 Å². The van der Waals surface area contributed by atoms with Gasteiger partial charge in [-0.15, -0.1) is 0 Å². The monoisotopic (exact) mass is 310 g/mol. The SMILES string of the molecule is O=C(C=Cc1ccc(O)c(Cl)c1)c1ccc(F)c(Cl)c1. The molecule has 2 aromatic rings. The number of halogens is 3. The van der Waals surface area contributed by atoms with E-state index >= 15 is 0 Å². The predicted molar refractivity (Wildman–Crippen MR) is 77.9 cm³/mol. The molecule has 0 bridgehead atoms. The van der Waals surface area contributed by atoms with Crippen molar-refractivity contribution in [3.05, 3.63) is 69.5 Å². The van der Waals surface area contributed by atoms with E-state index in [0.717, 1.165) is 6.07 Å². The van der Waals surface area contributed by atoms with Crippen LogP contribution in [-0.4, -0.2) is 10.9 Å². The minimum atomic E-state index is -0.572. The van der Waals surface area contributed by atoms with Gasteiger partial charge in [-0.05, 0) is 42.0 Å². The van der Waals surface area contributed by atoms with Gasteiger partial charge in [0.1, 0.15) is 11.6 Å². The summed E-state index contributed by atoms with van der Waals surface area (Å²) in [6.45, 7) is 0. The lowest BCUT2D eigenvalue weighted by atomic mass is 10.1. The molecule has 5 heteroatoms. The molecule has 2 aromatic carbocycles. The Morgan fingerprint density at radius 3 is 2.50 bits per heavy atom. The molecule has 0 aliphatic heterocycles. The Labute approximate surface area is 125 Å². The Bertz CT molecular complexity index is 696. The van der Waals surface area contributed by atoms with Crippen molar-refractivity contribution in [2.45, 2.75) is 0 Å². The Balaban J connectivity index is 2.19. The van der Waals surface area contributed by atoms with Crippen LogP contribution < -0.4 is 0 Å². The first-order valence-corrected chi connectivity index (χ1v) is 6.39. The Kier molecular flexibility index (Phi) is 4.42. The lowest BCUT2D eigenvalue weighted by Gasteiger charge is -1.99. The van der Waals surface area contributed by atoms with Gasteiger partial charge in [-0.2, -0.15) is 0 Å². The van der Waals surface area contributed by atoms with Gasteiger partial charge < -0.3 is 5.11 Å². The lowest BCUT2D eigenvalue weighted by Crippen LogP contribution is -1.94. The second-order valence-electron chi connectivity index (χ2n) is 4.04. The third-order valence-corrected chi connectivity index (χ3v) is 3.20. The highest BCUT2D eigenvalue weighted by atomic mass is 35.5. The molecule has 0 aromatic heterocycles. The average Bonchev–Trinajstić information content (AvgIpc) is 2.43. The third-order valence-electron chi connectivity index (χ3n) is 2.60. The number of hydrogen-bond acceptors (Lipinski definition) is 2. The van der Waals surface area contributed by atoms with Crippen molar-refractivity contribution in [3.8, 4) is 5.75 Å². The maximum atomic E-state index is 13.0. The quantitative estimate of drug-likeness (QED) is 0.657. The zero-order chi connectivity index (χ0) is 14.7. The number of carbonyl (C=O) groups is 1. The first kappa shape index (κ1) is 14.6. The Morgan fingerprint density at radius 2 is 1.85 bits per heavy atom. The Morgan fingerprint density at radius 1 is 1.10 bits per heavy atom. The largest absolute Gasteiger partial charge is 0.506 e. The first-order chi connectivity index (χ1) is 9.47. The highest BCUT2D eigenvalue weighted by Crippen LogP contribution is 2.24. The molecule has 0 aliphatic carbocycles. The molecule has 0 fully saturated rings. The van der Waals surface area contributed by atoms with Gasteiger partial charge in [0.2, 0.25) is 0 Å². The molecule has 0 unspecified atom stereocenters. The molecule has 1 N–H and O–H groups in total. The van der Waals surface area contributed by atoms with Crippen LogP contribution in [0.25, 0.3) is 6.08 Å². The van der Waals surface area contributed by atoms with Crippen molar-refractivity contribution >= 4 is 35.1 Å². The third kappa shape index (κ3) is 3.38. The summed E-state index contributed by atoms with van der Waals surface area (Å²) < 4.78 is 13.0. The molecule has 102 valence electrons. The number of phenols is 1. The van der Waals surface area contributed by atoms with Crippen LogP contribution in [0.1, 0.15) is 15.9 Å². The molecule has 0 aliphatic rings. The zero-order valence-corrected chi connectivity index (χ0v) is 11.6. The van der Waals surface area contributed by atoms with Gasteiger partial charge in [0, 0.05) is 5.56 Å². The van der Waals surface area contributed by atoms with Crippen LogP contribution in [0.4, 0.5) is 4.39 Å². The summed E-state index contributed by atoms with van der Waals surface area (Å²) in [4.78, 5) is 11.9. The van der Waals surface area contributed by atoms with E-state index in [1.54, 1.807) is 12.1 Å². The number of phenolic OH excluding ortho intramolecular Hbond substituents is 1. The maximum Gasteiger partial charge on any atom is 0.185 e. The molecule has 0 radical (unpaired) electrons. The fourth-order valence-electron chi connectivity index (χ4n) is 1.54. The normalized spacial score (nSPS) is 10.9. The molecule has 2 nitrogen and oxygen atoms in total. The van der Waals surface area contributed by atoms with Gasteiger partial charge in [0.05, 0.1) is 10.0 Å². The van der Waals surface area contributed by atoms with Crippen LogP contribution in [0.3, 0.4) is 0 Å². The second kappa shape index (κ2) is 6.07. The number of carbonyl (C=O) groups excluding carboxylic acids is 1. The predicted octanol–water partition coefficient (Wildman–Crippen LogP) is 4.73. The summed E-state index contributed by atoms with van der Waals surface area (Å²) in [6, 6.07) is 8.34. The van der Waals surface area contributed by atoms with E-state index in [2.05, 4.69) is 0 Å². The topological polar surface area (TPSA) is 37.3 Å². The smallest absolute Gasteiger partial charge is 0.185 e. The highest BCUT2D eigenvalue weighted by Gasteiger charge is 2.06. The number of aromatic hydroxyl groups is 1. The van der Waals surface area contributed by atoms with E-state index in [-0.39, 0.29) is 27.1 Å². The molecular formula is C15H9Cl2FO2. The summed E-state index contributed by atoms with van der Waals surface area (Å²) >= 11 is 11.4.